The summed E-state index contributed by atoms with van der Waals surface area (Å²) in [4.78, 5) is 22.5. The molecule has 0 atom stereocenters. The fourth-order valence-electron chi connectivity index (χ4n) is 2.52. The molecule has 0 saturated heterocycles. The Labute approximate surface area is 147 Å². The van der Waals surface area contributed by atoms with Crippen LogP contribution in [0.15, 0.2) is 48.5 Å². The standard InChI is InChI=1S/C19H23N3O3/c1-2-6-15-10-12-16(13-11-15)21-19(23)9-5-14-20-17-7-3-4-8-18(17)22(24)25/h3-4,7-8,10-13,20H,2,5-6,9,14H2,1H3,(H,21,23). The van der Waals surface area contributed by atoms with Crippen LogP contribution in [0.1, 0.15) is 31.7 Å². The number of aryl methyl sites for hydroxylation is 1. The van der Waals surface area contributed by atoms with Gasteiger partial charge < -0.3 is 10.6 Å². The summed E-state index contributed by atoms with van der Waals surface area (Å²) < 4.78 is 0. The first kappa shape index (κ1) is 18.4. The summed E-state index contributed by atoms with van der Waals surface area (Å²) in [7, 11) is 0. The van der Waals surface area contributed by atoms with E-state index in [2.05, 4.69) is 17.6 Å². The molecule has 0 bridgehead atoms. The van der Waals surface area contributed by atoms with Gasteiger partial charge in [-0.3, -0.25) is 14.9 Å². The number of para-hydroxylation sites is 2. The van der Waals surface area contributed by atoms with Crippen molar-refractivity contribution in [3.8, 4) is 0 Å². The van der Waals surface area contributed by atoms with E-state index in [4.69, 9.17) is 0 Å². The predicted molar refractivity (Wildman–Crippen MR) is 99.9 cm³/mol. The highest BCUT2D eigenvalue weighted by atomic mass is 16.6. The highest BCUT2D eigenvalue weighted by Crippen LogP contribution is 2.23. The van der Waals surface area contributed by atoms with E-state index in [1.165, 1.54) is 11.6 Å². The molecule has 0 spiro atoms. The maximum absolute atomic E-state index is 12.0. The van der Waals surface area contributed by atoms with Gasteiger partial charge in [0.05, 0.1) is 4.92 Å². The number of carbonyl (C=O) groups excluding carboxylic acids is 1. The number of nitrogens with zero attached hydrogens (tertiary/aromatic N) is 1. The average Bonchev–Trinajstić information content (AvgIpc) is 2.61. The van der Waals surface area contributed by atoms with Crippen LogP contribution in [0.2, 0.25) is 0 Å². The van der Waals surface area contributed by atoms with Crippen LogP contribution >= 0.6 is 0 Å². The van der Waals surface area contributed by atoms with Gasteiger partial charge in [-0.1, -0.05) is 37.6 Å². The highest BCUT2D eigenvalue weighted by Gasteiger charge is 2.11. The summed E-state index contributed by atoms with van der Waals surface area (Å²) in [6.07, 6.45) is 3.07. The van der Waals surface area contributed by atoms with Gasteiger partial charge in [-0.15, -0.1) is 0 Å². The molecule has 6 nitrogen and oxygen atoms in total. The van der Waals surface area contributed by atoms with Gasteiger partial charge in [0, 0.05) is 24.7 Å². The lowest BCUT2D eigenvalue weighted by atomic mass is 10.1. The quantitative estimate of drug-likeness (QED) is 0.403. The molecule has 0 aliphatic rings. The molecule has 6 heteroatoms. The fraction of sp³-hybridized carbons (Fsp3) is 0.316. The molecule has 0 fully saturated rings. The van der Waals surface area contributed by atoms with Crippen LogP contribution < -0.4 is 10.6 Å². The summed E-state index contributed by atoms with van der Waals surface area (Å²) in [5.74, 6) is -0.0624. The zero-order chi connectivity index (χ0) is 18.1. The minimum atomic E-state index is -0.419. The van der Waals surface area contributed by atoms with E-state index in [1.807, 2.05) is 24.3 Å². The number of amides is 1. The van der Waals surface area contributed by atoms with Crippen molar-refractivity contribution in [3.05, 3.63) is 64.2 Å². The maximum atomic E-state index is 12.0. The van der Waals surface area contributed by atoms with Crippen molar-refractivity contribution in [2.24, 2.45) is 0 Å². The molecule has 0 radical (unpaired) electrons. The van der Waals surface area contributed by atoms with E-state index in [0.29, 0.717) is 25.1 Å². The molecule has 132 valence electrons. The molecule has 0 unspecified atom stereocenters. The predicted octanol–water partition coefficient (Wildman–Crippen LogP) is 4.38. The smallest absolute Gasteiger partial charge is 0.292 e. The van der Waals surface area contributed by atoms with E-state index < -0.39 is 4.92 Å². The number of nitro benzene ring substituents is 1. The minimum absolute atomic E-state index is 0.0409. The summed E-state index contributed by atoms with van der Waals surface area (Å²) in [5.41, 5.74) is 2.56. The van der Waals surface area contributed by atoms with Gasteiger partial charge in [0.2, 0.25) is 5.91 Å². The SMILES string of the molecule is CCCc1ccc(NC(=O)CCCNc2ccccc2[N+](=O)[O-])cc1. The Bertz CT molecular complexity index is 714. The third-order valence-corrected chi connectivity index (χ3v) is 3.77. The molecule has 2 aromatic carbocycles. The summed E-state index contributed by atoms with van der Waals surface area (Å²) >= 11 is 0. The number of anilines is 2. The molecule has 0 aromatic heterocycles. The lowest BCUT2D eigenvalue weighted by molar-refractivity contribution is -0.384. The van der Waals surface area contributed by atoms with Gasteiger partial charge in [-0.2, -0.15) is 0 Å². The van der Waals surface area contributed by atoms with Gasteiger partial charge in [-0.25, -0.2) is 0 Å². The number of nitrogens with one attached hydrogen (secondary N) is 2. The highest BCUT2D eigenvalue weighted by molar-refractivity contribution is 5.90. The number of nitro groups is 1. The summed E-state index contributed by atoms with van der Waals surface area (Å²) in [5, 5.41) is 16.8. The molecule has 25 heavy (non-hydrogen) atoms. The molecule has 0 aliphatic heterocycles. The zero-order valence-corrected chi connectivity index (χ0v) is 14.3. The zero-order valence-electron chi connectivity index (χ0n) is 14.3. The van der Waals surface area contributed by atoms with Crippen LogP contribution in [-0.2, 0) is 11.2 Å². The number of hydrogen-bond donors (Lipinski definition) is 2. The lowest BCUT2D eigenvalue weighted by Gasteiger charge is -2.08. The number of benzene rings is 2. The van der Waals surface area contributed by atoms with Crippen LogP contribution in [-0.4, -0.2) is 17.4 Å². The molecule has 1 amide bonds. The third kappa shape index (κ3) is 5.91. The molecule has 0 heterocycles. The van der Waals surface area contributed by atoms with Crippen molar-refractivity contribution in [2.45, 2.75) is 32.6 Å². The average molecular weight is 341 g/mol. The number of carbonyl (C=O) groups is 1. The second-order valence-corrected chi connectivity index (χ2v) is 5.80. The first-order valence-corrected chi connectivity index (χ1v) is 8.46. The lowest BCUT2D eigenvalue weighted by Crippen LogP contribution is -2.13. The van der Waals surface area contributed by atoms with Crippen molar-refractivity contribution in [2.75, 3.05) is 17.2 Å². The molecule has 0 aliphatic carbocycles. The largest absolute Gasteiger partial charge is 0.379 e. The number of hydrogen-bond acceptors (Lipinski definition) is 4. The van der Waals surface area contributed by atoms with Crippen LogP contribution in [0.4, 0.5) is 17.1 Å². The fourth-order valence-corrected chi connectivity index (χ4v) is 2.52. The van der Waals surface area contributed by atoms with Crippen LogP contribution in [0.3, 0.4) is 0 Å². The molecular weight excluding hydrogens is 318 g/mol. The monoisotopic (exact) mass is 341 g/mol. The van der Waals surface area contributed by atoms with Crippen LogP contribution in [0.5, 0.6) is 0 Å². The van der Waals surface area contributed by atoms with E-state index in [-0.39, 0.29) is 11.6 Å². The first-order valence-electron chi connectivity index (χ1n) is 8.46. The van der Waals surface area contributed by atoms with Gasteiger partial charge in [-0.05, 0) is 36.6 Å². The molecular formula is C19H23N3O3. The summed E-state index contributed by atoms with van der Waals surface area (Å²) in [6, 6.07) is 14.4. The van der Waals surface area contributed by atoms with E-state index in [1.54, 1.807) is 18.2 Å². The summed E-state index contributed by atoms with van der Waals surface area (Å²) in [6.45, 7) is 2.63. The number of rotatable bonds is 9. The van der Waals surface area contributed by atoms with Gasteiger partial charge in [0.1, 0.15) is 5.69 Å². The van der Waals surface area contributed by atoms with E-state index in [0.717, 1.165) is 18.5 Å². The van der Waals surface area contributed by atoms with Gasteiger partial charge in [0.15, 0.2) is 0 Å². The Balaban J connectivity index is 1.74. The second-order valence-electron chi connectivity index (χ2n) is 5.80. The normalized spacial score (nSPS) is 10.3. The minimum Gasteiger partial charge on any atom is -0.379 e. The molecule has 2 rings (SSSR count). The Hall–Kier alpha value is -2.89. The van der Waals surface area contributed by atoms with Crippen LogP contribution in [0, 0.1) is 10.1 Å². The maximum Gasteiger partial charge on any atom is 0.292 e. The first-order chi connectivity index (χ1) is 12.1. The Morgan fingerprint density at radius 2 is 1.84 bits per heavy atom. The Morgan fingerprint density at radius 3 is 2.52 bits per heavy atom. The Morgan fingerprint density at radius 1 is 1.12 bits per heavy atom. The van der Waals surface area contributed by atoms with Gasteiger partial charge in [0.25, 0.3) is 5.69 Å². The second kappa shape index (κ2) is 9.42. The molecule has 0 saturated carbocycles. The molecule has 2 aromatic rings. The van der Waals surface area contributed by atoms with Gasteiger partial charge >= 0.3 is 0 Å². The topological polar surface area (TPSA) is 84.3 Å². The molecule has 2 N–H and O–H groups in total. The third-order valence-electron chi connectivity index (χ3n) is 3.77. The van der Waals surface area contributed by atoms with Crippen molar-refractivity contribution < 1.29 is 9.72 Å². The van der Waals surface area contributed by atoms with E-state index >= 15 is 0 Å². The van der Waals surface area contributed by atoms with Crippen molar-refractivity contribution >= 4 is 23.0 Å². The van der Waals surface area contributed by atoms with Crippen molar-refractivity contribution in [3.63, 3.8) is 0 Å². The van der Waals surface area contributed by atoms with Crippen molar-refractivity contribution in [1.82, 2.24) is 0 Å². The van der Waals surface area contributed by atoms with Crippen molar-refractivity contribution in [1.29, 1.82) is 0 Å². The Kier molecular flexibility index (Phi) is 6.95. The van der Waals surface area contributed by atoms with Crippen LogP contribution in [0.25, 0.3) is 0 Å². The van der Waals surface area contributed by atoms with E-state index in [9.17, 15) is 14.9 Å².